The Hall–Kier alpha value is -3.02. The summed E-state index contributed by atoms with van der Waals surface area (Å²) in [5.74, 6) is 0.531. The highest BCUT2D eigenvalue weighted by atomic mass is 16.5. The zero-order chi connectivity index (χ0) is 21.3. The molecule has 1 amide bonds. The molecule has 6 nitrogen and oxygen atoms in total. The van der Waals surface area contributed by atoms with Crippen molar-refractivity contribution < 1.29 is 23.8 Å². The SMILES string of the molecule is CCOc1ccc(NC(=O)COC(=O)CCOc2ccc(C(C)(C)C)cc2)cc1. The molecule has 0 heterocycles. The number of hydrogen-bond donors (Lipinski definition) is 1. The van der Waals surface area contributed by atoms with Crippen molar-refractivity contribution in [2.75, 3.05) is 25.1 Å². The van der Waals surface area contributed by atoms with Gasteiger partial charge < -0.3 is 19.5 Å². The molecule has 0 atom stereocenters. The van der Waals surface area contributed by atoms with Gasteiger partial charge in [0.1, 0.15) is 11.5 Å². The minimum atomic E-state index is -0.488. The van der Waals surface area contributed by atoms with Gasteiger partial charge in [-0.05, 0) is 54.3 Å². The van der Waals surface area contributed by atoms with E-state index in [0.717, 1.165) is 5.75 Å². The lowest BCUT2D eigenvalue weighted by atomic mass is 9.87. The van der Waals surface area contributed by atoms with Gasteiger partial charge in [0.2, 0.25) is 0 Å². The van der Waals surface area contributed by atoms with E-state index in [4.69, 9.17) is 14.2 Å². The second-order valence-electron chi connectivity index (χ2n) is 7.54. The molecule has 156 valence electrons. The van der Waals surface area contributed by atoms with Crippen molar-refractivity contribution in [2.24, 2.45) is 0 Å². The van der Waals surface area contributed by atoms with E-state index in [1.807, 2.05) is 31.2 Å². The molecule has 2 aromatic carbocycles. The highest BCUT2D eigenvalue weighted by Crippen LogP contribution is 2.24. The second kappa shape index (κ2) is 10.5. The number of esters is 1. The predicted molar refractivity (Wildman–Crippen MR) is 112 cm³/mol. The topological polar surface area (TPSA) is 73.9 Å². The lowest BCUT2D eigenvalue weighted by molar-refractivity contribution is -0.147. The van der Waals surface area contributed by atoms with Gasteiger partial charge in [-0.25, -0.2) is 0 Å². The zero-order valence-corrected chi connectivity index (χ0v) is 17.5. The van der Waals surface area contributed by atoms with Crippen LogP contribution in [0.5, 0.6) is 11.5 Å². The molecule has 0 aliphatic carbocycles. The lowest BCUT2D eigenvalue weighted by Crippen LogP contribution is -2.21. The summed E-state index contributed by atoms with van der Waals surface area (Å²) >= 11 is 0. The third kappa shape index (κ3) is 7.86. The van der Waals surface area contributed by atoms with E-state index in [9.17, 15) is 9.59 Å². The monoisotopic (exact) mass is 399 g/mol. The summed E-state index contributed by atoms with van der Waals surface area (Å²) in [5.41, 5.74) is 1.90. The summed E-state index contributed by atoms with van der Waals surface area (Å²) in [6.07, 6.45) is 0.0668. The van der Waals surface area contributed by atoms with Crippen molar-refractivity contribution in [3.8, 4) is 11.5 Å². The number of hydrogen-bond acceptors (Lipinski definition) is 5. The zero-order valence-electron chi connectivity index (χ0n) is 17.5. The predicted octanol–water partition coefficient (Wildman–Crippen LogP) is 4.33. The number of rotatable bonds is 9. The molecule has 0 bridgehead atoms. The summed E-state index contributed by atoms with van der Waals surface area (Å²) in [5, 5.41) is 2.66. The van der Waals surface area contributed by atoms with Crippen molar-refractivity contribution in [1.29, 1.82) is 0 Å². The van der Waals surface area contributed by atoms with Crippen LogP contribution in [0.4, 0.5) is 5.69 Å². The molecule has 0 fully saturated rings. The number of anilines is 1. The molecule has 2 aromatic rings. The molecule has 29 heavy (non-hydrogen) atoms. The highest BCUT2D eigenvalue weighted by molar-refractivity contribution is 5.92. The standard InChI is InChI=1S/C23H29NO5/c1-5-27-19-12-8-18(9-13-19)24-21(25)16-29-22(26)14-15-28-20-10-6-17(7-11-20)23(2,3)4/h6-13H,5,14-16H2,1-4H3,(H,24,25). The molecule has 0 saturated carbocycles. The van der Waals surface area contributed by atoms with Gasteiger partial charge >= 0.3 is 5.97 Å². The average Bonchev–Trinajstić information content (AvgIpc) is 2.68. The van der Waals surface area contributed by atoms with Crippen LogP contribution in [0.2, 0.25) is 0 Å². The van der Waals surface area contributed by atoms with Crippen molar-refractivity contribution >= 4 is 17.6 Å². The fourth-order valence-electron chi connectivity index (χ4n) is 2.52. The third-order valence-corrected chi connectivity index (χ3v) is 4.11. The Morgan fingerprint density at radius 1 is 0.897 bits per heavy atom. The van der Waals surface area contributed by atoms with Gasteiger partial charge in [0.15, 0.2) is 6.61 Å². The van der Waals surface area contributed by atoms with Crippen LogP contribution < -0.4 is 14.8 Å². The van der Waals surface area contributed by atoms with E-state index in [1.165, 1.54) is 5.56 Å². The van der Waals surface area contributed by atoms with Crippen molar-refractivity contribution in [3.63, 3.8) is 0 Å². The maximum Gasteiger partial charge on any atom is 0.309 e. The van der Waals surface area contributed by atoms with Gasteiger partial charge in [0, 0.05) is 5.69 Å². The van der Waals surface area contributed by atoms with E-state index in [1.54, 1.807) is 24.3 Å². The normalized spacial score (nSPS) is 10.9. The lowest BCUT2D eigenvalue weighted by Gasteiger charge is -2.19. The van der Waals surface area contributed by atoms with Gasteiger partial charge in [-0.2, -0.15) is 0 Å². The van der Waals surface area contributed by atoms with Crippen LogP contribution in [0.3, 0.4) is 0 Å². The molecule has 2 rings (SSSR count). The summed E-state index contributed by atoms with van der Waals surface area (Å²) in [6, 6.07) is 14.8. The maximum atomic E-state index is 11.9. The van der Waals surface area contributed by atoms with Crippen LogP contribution in [0.25, 0.3) is 0 Å². The van der Waals surface area contributed by atoms with Gasteiger partial charge in [0.05, 0.1) is 19.6 Å². The van der Waals surface area contributed by atoms with E-state index in [0.29, 0.717) is 18.0 Å². The first kappa shape index (κ1) is 22.3. The van der Waals surface area contributed by atoms with Crippen LogP contribution in [-0.2, 0) is 19.7 Å². The van der Waals surface area contributed by atoms with Gasteiger partial charge in [-0.3, -0.25) is 9.59 Å². The van der Waals surface area contributed by atoms with Gasteiger partial charge in [0.25, 0.3) is 5.91 Å². The maximum absolute atomic E-state index is 11.9. The summed E-state index contributed by atoms with van der Waals surface area (Å²) < 4.78 is 15.9. The number of benzene rings is 2. The number of carbonyl (C=O) groups is 2. The fraction of sp³-hybridized carbons (Fsp3) is 0.391. The Balaban J connectivity index is 1.66. The molecule has 0 radical (unpaired) electrons. The largest absolute Gasteiger partial charge is 0.494 e. The first-order valence-electron chi connectivity index (χ1n) is 9.69. The number of nitrogens with one attached hydrogen (secondary N) is 1. The molecule has 0 unspecified atom stereocenters. The quantitative estimate of drug-likeness (QED) is 0.635. The van der Waals surface area contributed by atoms with Crippen LogP contribution in [0.15, 0.2) is 48.5 Å². The van der Waals surface area contributed by atoms with Crippen molar-refractivity contribution in [3.05, 3.63) is 54.1 Å². The molecule has 1 N–H and O–H groups in total. The van der Waals surface area contributed by atoms with Crippen LogP contribution >= 0.6 is 0 Å². The first-order valence-corrected chi connectivity index (χ1v) is 9.69. The Morgan fingerprint density at radius 2 is 1.48 bits per heavy atom. The van der Waals surface area contributed by atoms with E-state index >= 15 is 0 Å². The second-order valence-corrected chi connectivity index (χ2v) is 7.54. The minimum absolute atomic E-state index is 0.0668. The highest BCUT2D eigenvalue weighted by Gasteiger charge is 2.13. The Morgan fingerprint density at radius 3 is 2.07 bits per heavy atom. The first-order chi connectivity index (χ1) is 13.8. The molecule has 0 aliphatic rings. The molecular weight excluding hydrogens is 370 g/mol. The van der Waals surface area contributed by atoms with Crippen LogP contribution in [0, 0.1) is 0 Å². The van der Waals surface area contributed by atoms with E-state index in [2.05, 4.69) is 26.1 Å². The number of amides is 1. The molecular formula is C23H29NO5. The number of carbonyl (C=O) groups excluding carboxylic acids is 2. The minimum Gasteiger partial charge on any atom is -0.494 e. The summed E-state index contributed by atoms with van der Waals surface area (Å²) in [6.45, 7) is 8.76. The smallest absolute Gasteiger partial charge is 0.309 e. The van der Waals surface area contributed by atoms with Crippen molar-refractivity contribution in [2.45, 2.75) is 39.5 Å². The van der Waals surface area contributed by atoms with E-state index < -0.39 is 11.9 Å². The van der Waals surface area contributed by atoms with E-state index in [-0.39, 0.29) is 25.0 Å². The summed E-state index contributed by atoms with van der Waals surface area (Å²) in [4.78, 5) is 23.7. The average molecular weight is 399 g/mol. The third-order valence-electron chi connectivity index (χ3n) is 4.11. The Kier molecular flexibility index (Phi) is 8.07. The Labute approximate surface area is 172 Å². The van der Waals surface area contributed by atoms with Crippen LogP contribution in [0.1, 0.15) is 39.7 Å². The molecule has 0 spiro atoms. The molecule has 0 aromatic heterocycles. The molecule has 0 aliphatic heterocycles. The summed E-state index contributed by atoms with van der Waals surface area (Å²) in [7, 11) is 0. The fourth-order valence-corrected chi connectivity index (χ4v) is 2.52. The number of ether oxygens (including phenoxy) is 3. The van der Waals surface area contributed by atoms with Gasteiger partial charge in [-0.15, -0.1) is 0 Å². The van der Waals surface area contributed by atoms with Crippen LogP contribution in [-0.4, -0.2) is 31.7 Å². The molecule has 0 saturated heterocycles. The van der Waals surface area contributed by atoms with Gasteiger partial charge in [-0.1, -0.05) is 32.9 Å². The Bertz CT molecular complexity index is 792. The molecule has 6 heteroatoms. The van der Waals surface area contributed by atoms with Crippen molar-refractivity contribution in [1.82, 2.24) is 0 Å².